The van der Waals surface area contributed by atoms with Crippen molar-refractivity contribution in [1.29, 1.82) is 0 Å². The number of nitrogens with zero attached hydrogens (tertiary/aromatic N) is 1. The van der Waals surface area contributed by atoms with E-state index in [0.717, 1.165) is 24.2 Å². The van der Waals surface area contributed by atoms with Crippen molar-refractivity contribution in [3.05, 3.63) is 59.7 Å². The van der Waals surface area contributed by atoms with Gasteiger partial charge in [-0.05, 0) is 25.0 Å². The summed E-state index contributed by atoms with van der Waals surface area (Å²) in [6.45, 7) is 2.77. The van der Waals surface area contributed by atoms with Gasteiger partial charge < -0.3 is 15.7 Å². The third-order valence-corrected chi connectivity index (χ3v) is 3.52. The molecule has 2 aromatic carbocycles. The molecule has 0 amide bonds. The highest BCUT2D eigenvalue weighted by Gasteiger charge is 2.09. The molecule has 1 unspecified atom stereocenters. The Morgan fingerprint density at radius 1 is 1.15 bits per heavy atom. The Kier molecular flexibility index (Phi) is 4.64. The van der Waals surface area contributed by atoms with Gasteiger partial charge in [0, 0.05) is 37.0 Å². The summed E-state index contributed by atoms with van der Waals surface area (Å²) < 4.78 is 0. The molecule has 0 spiro atoms. The van der Waals surface area contributed by atoms with Crippen LogP contribution < -0.4 is 10.6 Å². The molecule has 2 rings (SSSR count). The van der Waals surface area contributed by atoms with Crippen LogP contribution in [-0.4, -0.2) is 18.7 Å². The van der Waals surface area contributed by atoms with Gasteiger partial charge in [-0.2, -0.15) is 0 Å². The fourth-order valence-electron chi connectivity index (χ4n) is 2.23. The van der Waals surface area contributed by atoms with Crippen LogP contribution in [0.2, 0.25) is 0 Å². The van der Waals surface area contributed by atoms with Crippen molar-refractivity contribution >= 4 is 5.69 Å². The summed E-state index contributed by atoms with van der Waals surface area (Å²) in [4.78, 5) is 2.14. The first kappa shape index (κ1) is 14.4. The maximum absolute atomic E-state index is 9.99. The monoisotopic (exact) mass is 270 g/mol. The van der Waals surface area contributed by atoms with Gasteiger partial charge in [0.1, 0.15) is 5.75 Å². The van der Waals surface area contributed by atoms with Crippen LogP contribution in [0.4, 0.5) is 5.69 Å². The van der Waals surface area contributed by atoms with E-state index in [1.54, 1.807) is 6.07 Å². The van der Waals surface area contributed by atoms with Crippen molar-refractivity contribution < 1.29 is 5.11 Å². The van der Waals surface area contributed by atoms with E-state index in [0.29, 0.717) is 0 Å². The minimum Gasteiger partial charge on any atom is -0.508 e. The molecule has 0 saturated carbocycles. The van der Waals surface area contributed by atoms with Gasteiger partial charge in [-0.3, -0.25) is 0 Å². The molecule has 0 aromatic heterocycles. The Hall–Kier alpha value is -2.00. The van der Waals surface area contributed by atoms with Crippen molar-refractivity contribution in [3.8, 4) is 5.75 Å². The quantitative estimate of drug-likeness (QED) is 0.877. The first-order valence-corrected chi connectivity index (χ1v) is 6.91. The van der Waals surface area contributed by atoms with Crippen molar-refractivity contribution in [2.24, 2.45) is 5.73 Å². The largest absolute Gasteiger partial charge is 0.508 e. The van der Waals surface area contributed by atoms with E-state index in [9.17, 15) is 5.11 Å². The van der Waals surface area contributed by atoms with Crippen LogP contribution in [0, 0.1) is 0 Å². The number of nitrogens with two attached hydrogens (primary N) is 1. The number of aromatic hydroxyl groups is 1. The van der Waals surface area contributed by atoms with E-state index in [-0.39, 0.29) is 11.8 Å². The highest BCUT2D eigenvalue weighted by Crippen LogP contribution is 2.27. The van der Waals surface area contributed by atoms with Gasteiger partial charge in [-0.25, -0.2) is 0 Å². The van der Waals surface area contributed by atoms with E-state index in [2.05, 4.69) is 29.2 Å². The molecule has 0 radical (unpaired) electrons. The average molecular weight is 270 g/mol. The maximum Gasteiger partial charge on any atom is 0.122 e. The topological polar surface area (TPSA) is 49.5 Å². The molecule has 20 heavy (non-hydrogen) atoms. The first-order valence-electron chi connectivity index (χ1n) is 6.91. The summed E-state index contributed by atoms with van der Waals surface area (Å²) in [7, 11) is 2.03. The molecular weight excluding hydrogens is 248 g/mol. The summed E-state index contributed by atoms with van der Waals surface area (Å²) in [5, 5.41) is 9.99. The smallest absolute Gasteiger partial charge is 0.122 e. The van der Waals surface area contributed by atoms with Crippen molar-refractivity contribution in [2.75, 3.05) is 18.5 Å². The molecule has 2 aromatic rings. The Morgan fingerprint density at radius 2 is 1.85 bits per heavy atom. The fraction of sp³-hybridized carbons (Fsp3) is 0.294. The Bertz CT molecular complexity index is 552. The number of phenolic OH excluding ortho intramolecular Hbond substituents is 1. The zero-order valence-electron chi connectivity index (χ0n) is 12.1. The SMILES string of the molecule is CC(N)c1ccc(N(C)CCc2ccccc2)cc1O. The normalized spacial score (nSPS) is 12.2. The van der Waals surface area contributed by atoms with E-state index < -0.39 is 0 Å². The van der Waals surface area contributed by atoms with Crippen molar-refractivity contribution in [2.45, 2.75) is 19.4 Å². The average Bonchev–Trinajstić information content (AvgIpc) is 2.45. The second kappa shape index (κ2) is 6.44. The van der Waals surface area contributed by atoms with Crippen LogP contribution in [-0.2, 0) is 6.42 Å². The molecule has 0 heterocycles. The number of benzene rings is 2. The molecule has 0 fully saturated rings. The lowest BCUT2D eigenvalue weighted by atomic mass is 10.1. The third-order valence-electron chi connectivity index (χ3n) is 3.52. The van der Waals surface area contributed by atoms with E-state index in [4.69, 9.17) is 5.73 Å². The maximum atomic E-state index is 9.99. The standard InChI is InChI=1S/C17H22N2O/c1-13(18)16-9-8-15(12-17(16)20)19(2)11-10-14-6-4-3-5-7-14/h3-9,12-13,20H,10-11,18H2,1-2H3. The highest BCUT2D eigenvalue weighted by molar-refractivity contribution is 5.53. The molecule has 3 nitrogen and oxygen atoms in total. The van der Waals surface area contributed by atoms with Gasteiger partial charge in [-0.15, -0.1) is 0 Å². The summed E-state index contributed by atoms with van der Waals surface area (Å²) in [5.41, 5.74) is 8.90. The molecular formula is C17H22N2O. The molecule has 3 heteroatoms. The van der Waals surface area contributed by atoms with E-state index in [1.165, 1.54) is 5.56 Å². The molecule has 0 bridgehead atoms. The number of rotatable bonds is 5. The number of anilines is 1. The molecule has 0 aliphatic rings. The Morgan fingerprint density at radius 3 is 2.45 bits per heavy atom. The number of phenols is 1. The van der Waals surface area contributed by atoms with Crippen LogP contribution in [0.3, 0.4) is 0 Å². The summed E-state index contributed by atoms with van der Waals surface area (Å²) >= 11 is 0. The van der Waals surface area contributed by atoms with Crippen molar-refractivity contribution in [3.63, 3.8) is 0 Å². The molecule has 1 atom stereocenters. The number of hydrogen-bond donors (Lipinski definition) is 2. The Labute approximate surface area is 120 Å². The predicted octanol–water partition coefficient (Wildman–Crippen LogP) is 3.09. The van der Waals surface area contributed by atoms with Crippen LogP contribution >= 0.6 is 0 Å². The molecule has 3 N–H and O–H groups in total. The van der Waals surface area contributed by atoms with Crippen LogP contribution in [0.15, 0.2) is 48.5 Å². The van der Waals surface area contributed by atoms with E-state index >= 15 is 0 Å². The van der Waals surface area contributed by atoms with Gasteiger partial charge >= 0.3 is 0 Å². The van der Waals surface area contributed by atoms with E-state index in [1.807, 2.05) is 32.2 Å². The summed E-state index contributed by atoms with van der Waals surface area (Å²) in [5.74, 6) is 0.268. The van der Waals surface area contributed by atoms with Crippen molar-refractivity contribution in [1.82, 2.24) is 0 Å². The number of likely N-dealkylation sites (N-methyl/N-ethyl adjacent to an activating group) is 1. The molecule has 0 aliphatic carbocycles. The molecule has 106 valence electrons. The minimum absolute atomic E-state index is 0.154. The molecule has 0 saturated heterocycles. The lowest BCUT2D eigenvalue weighted by molar-refractivity contribution is 0.464. The van der Waals surface area contributed by atoms with Gasteiger partial charge in [0.25, 0.3) is 0 Å². The first-order chi connectivity index (χ1) is 9.58. The van der Waals surface area contributed by atoms with Gasteiger partial charge in [0.05, 0.1) is 0 Å². The Balaban J connectivity index is 2.02. The van der Waals surface area contributed by atoms with Gasteiger partial charge in [0.15, 0.2) is 0 Å². The van der Waals surface area contributed by atoms with Crippen LogP contribution in [0.1, 0.15) is 24.1 Å². The zero-order valence-corrected chi connectivity index (χ0v) is 12.1. The lowest BCUT2D eigenvalue weighted by Crippen LogP contribution is -2.20. The zero-order chi connectivity index (χ0) is 14.5. The number of hydrogen-bond acceptors (Lipinski definition) is 3. The summed E-state index contributed by atoms with van der Waals surface area (Å²) in [6, 6.07) is 15.9. The third kappa shape index (κ3) is 3.52. The van der Waals surface area contributed by atoms with Gasteiger partial charge in [-0.1, -0.05) is 36.4 Å². The highest BCUT2D eigenvalue weighted by atomic mass is 16.3. The minimum atomic E-state index is -0.154. The molecule has 0 aliphatic heterocycles. The van der Waals surface area contributed by atoms with Crippen LogP contribution in [0.5, 0.6) is 5.75 Å². The lowest BCUT2D eigenvalue weighted by Gasteiger charge is -2.21. The second-order valence-corrected chi connectivity index (χ2v) is 5.19. The van der Waals surface area contributed by atoms with Gasteiger partial charge in [0.2, 0.25) is 0 Å². The second-order valence-electron chi connectivity index (χ2n) is 5.19. The fourth-order valence-corrected chi connectivity index (χ4v) is 2.23. The summed E-state index contributed by atoms with van der Waals surface area (Å²) in [6.07, 6.45) is 0.979. The van der Waals surface area contributed by atoms with Crippen LogP contribution in [0.25, 0.3) is 0 Å². The predicted molar refractivity (Wildman–Crippen MR) is 84.1 cm³/mol.